The minimum Gasteiger partial charge on any atom is -0.481 e. The van der Waals surface area contributed by atoms with Gasteiger partial charge in [-0.2, -0.15) is 0 Å². The van der Waals surface area contributed by atoms with E-state index >= 15 is 0 Å². The Balaban J connectivity index is 2.17. The first-order valence-corrected chi connectivity index (χ1v) is 10.1. The van der Waals surface area contributed by atoms with Crippen LogP contribution < -0.4 is 10.1 Å². The molecule has 0 spiro atoms. The highest BCUT2D eigenvalue weighted by Crippen LogP contribution is 2.17. The lowest BCUT2D eigenvalue weighted by Crippen LogP contribution is -2.50. The molecular weight excluding hydrogens is 390 g/mol. The number of para-hydroxylation sites is 1. The Bertz CT molecular complexity index is 827. The van der Waals surface area contributed by atoms with E-state index in [1.807, 2.05) is 13.8 Å². The lowest BCUT2D eigenvalue weighted by molar-refractivity contribution is -0.143. The fourth-order valence-electron chi connectivity index (χ4n) is 3.00. The topological polar surface area (TPSA) is 58.6 Å². The predicted molar refractivity (Wildman–Crippen MR) is 111 cm³/mol. The van der Waals surface area contributed by atoms with E-state index in [1.165, 1.54) is 35.2 Å². The van der Waals surface area contributed by atoms with Crippen LogP contribution in [0, 0.1) is 11.6 Å². The van der Waals surface area contributed by atoms with Crippen molar-refractivity contribution in [2.45, 2.75) is 45.7 Å². The van der Waals surface area contributed by atoms with E-state index in [4.69, 9.17) is 4.74 Å². The van der Waals surface area contributed by atoms with Crippen LogP contribution in [0.5, 0.6) is 5.75 Å². The maximum atomic E-state index is 13.8. The monoisotopic (exact) mass is 418 g/mol. The van der Waals surface area contributed by atoms with Gasteiger partial charge in [0.15, 0.2) is 18.2 Å². The Hall–Kier alpha value is -2.96. The van der Waals surface area contributed by atoms with Crippen LogP contribution in [0.4, 0.5) is 8.78 Å². The fraction of sp³-hybridized carbons (Fsp3) is 0.391. The summed E-state index contributed by atoms with van der Waals surface area (Å²) in [4.78, 5) is 27.1. The zero-order chi connectivity index (χ0) is 21.9. The van der Waals surface area contributed by atoms with E-state index in [0.717, 1.165) is 12.8 Å². The van der Waals surface area contributed by atoms with Gasteiger partial charge in [-0.25, -0.2) is 8.78 Å². The molecule has 0 aliphatic rings. The van der Waals surface area contributed by atoms with Crippen molar-refractivity contribution in [1.82, 2.24) is 10.2 Å². The van der Waals surface area contributed by atoms with Gasteiger partial charge in [0.25, 0.3) is 5.91 Å². The molecule has 0 aliphatic heterocycles. The third-order valence-electron chi connectivity index (χ3n) is 4.67. The maximum Gasteiger partial charge on any atom is 0.261 e. The fourth-order valence-corrected chi connectivity index (χ4v) is 3.00. The molecule has 5 nitrogen and oxygen atoms in total. The number of benzene rings is 2. The molecule has 0 fully saturated rings. The SMILES string of the molecule is CCCCNC(=O)[C@@H](CC)N(Cc1ccc(F)cc1)C(=O)COc1ccccc1F. The summed E-state index contributed by atoms with van der Waals surface area (Å²) in [6.45, 7) is 4.05. The number of unbranched alkanes of at least 4 members (excludes halogenated alkanes) is 1. The molecule has 0 heterocycles. The molecule has 0 saturated heterocycles. The van der Waals surface area contributed by atoms with Crippen molar-refractivity contribution in [2.24, 2.45) is 0 Å². The molecule has 2 amide bonds. The zero-order valence-electron chi connectivity index (χ0n) is 17.4. The van der Waals surface area contributed by atoms with Gasteiger partial charge in [-0.3, -0.25) is 9.59 Å². The molecule has 30 heavy (non-hydrogen) atoms. The molecule has 0 saturated carbocycles. The Kier molecular flexibility index (Phi) is 9.25. The molecule has 2 aromatic carbocycles. The average molecular weight is 418 g/mol. The average Bonchev–Trinajstić information content (AvgIpc) is 2.74. The highest BCUT2D eigenvalue weighted by atomic mass is 19.1. The minimum atomic E-state index is -0.719. The van der Waals surface area contributed by atoms with Crippen LogP contribution >= 0.6 is 0 Å². The molecule has 7 heteroatoms. The summed E-state index contributed by atoms with van der Waals surface area (Å²) in [5, 5.41) is 2.85. The van der Waals surface area contributed by atoms with Crippen LogP contribution in [-0.2, 0) is 16.1 Å². The van der Waals surface area contributed by atoms with E-state index in [2.05, 4.69) is 5.32 Å². The van der Waals surface area contributed by atoms with Gasteiger partial charge in [0.2, 0.25) is 5.91 Å². The first-order chi connectivity index (χ1) is 14.5. The number of carbonyl (C=O) groups excluding carboxylic acids is 2. The number of nitrogens with zero attached hydrogens (tertiary/aromatic N) is 1. The number of rotatable bonds is 11. The molecule has 2 rings (SSSR count). The Morgan fingerprint density at radius 3 is 2.40 bits per heavy atom. The number of halogens is 2. The lowest BCUT2D eigenvalue weighted by atomic mass is 10.1. The van der Waals surface area contributed by atoms with E-state index in [-0.39, 0.29) is 24.0 Å². The zero-order valence-corrected chi connectivity index (χ0v) is 17.4. The molecule has 0 aromatic heterocycles. The first kappa shape index (κ1) is 23.3. The molecule has 0 aliphatic carbocycles. The molecule has 0 radical (unpaired) electrons. The number of hydrogen-bond acceptors (Lipinski definition) is 3. The van der Waals surface area contributed by atoms with E-state index in [9.17, 15) is 18.4 Å². The summed E-state index contributed by atoms with van der Waals surface area (Å²) < 4.78 is 32.4. The largest absolute Gasteiger partial charge is 0.481 e. The van der Waals surface area contributed by atoms with Crippen LogP contribution in [0.3, 0.4) is 0 Å². The molecule has 1 atom stereocenters. The van der Waals surface area contributed by atoms with Crippen molar-refractivity contribution in [3.8, 4) is 5.75 Å². The van der Waals surface area contributed by atoms with Gasteiger partial charge < -0.3 is 15.0 Å². The summed E-state index contributed by atoms with van der Waals surface area (Å²) in [5.74, 6) is -1.70. The predicted octanol–water partition coefficient (Wildman–Crippen LogP) is 4.07. The second-order valence-electron chi connectivity index (χ2n) is 6.94. The summed E-state index contributed by atoms with van der Waals surface area (Å²) in [6.07, 6.45) is 2.17. The number of hydrogen-bond donors (Lipinski definition) is 1. The first-order valence-electron chi connectivity index (χ1n) is 10.1. The van der Waals surface area contributed by atoms with Gasteiger partial charge in [0.05, 0.1) is 0 Å². The number of carbonyl (C=O) groups is 2. The highest BCUT2D eigenvalue weighted by molar-refractivity contribution is 5.88. The van der Waals surface area contributed by atoms with Crippen molar-refractivity contribution in [3.63, 3.8) is 0 Å². The van der Waals surface area contributed by atoms with Gasteiger partial charge >= 0.3 is 0 Å². The smallest absolute Gasteiger partial charge is 0.261 e. The quantitative estimate of drug-likeness (QED) is 0.560. The van der Waals surface area contributed by atoms with Crippen molar-refractivity contribution in [3.05, 3.63) is 65.7 Å². The Morgan fingerprint density at radius 2 is 1.77 bits per heavy atom. The van der Waals surface area contributed by atoms with Crippen LogP contribution in [-0.4, -0.2) is 35.9 Å². The normalized spacial score (nSPS) is 11.6. The van der Waals surface area contributed by atoms with Crippen LogP contribution in [0.15, 0.2) is 48.5 Å². The molecule has 0 unspecified atom stereocenters. The summed E-state index contributed by atoms with van der Waals surface area (Å²) >= 11 is 0. The molecular formula is C23H28F2N2O3. The van der Waals surface area contributed by atoms with E-state index in [1.54, 1.807) is 18.2 Å². The lowest BCUT2D eigenvalue weighted by Gasteiger charge is -2.30. The van der Waals surface area contributed by atoms with E-state index in [0.29, 0.717) is 18.5 Å². The third-order valence-corrected chi connectivity index (χ3v) is 4.67. The summed E-state index contributed by atoms with van der Waals surface area (Å²) in [6, 6.07) is 10.8. The standard InChI is InChI=1S/C23H28F2N2O3/c1-3-5-14-26-23(29)20(4-2)27(15-17-10-12-18(24)13-11-17)22(28)16-30-21-9-7-6-8-19(21)25/h6-13,20H,3-5,14-16H2,1-2H3,(H,26,29)/t20-/m1/s1. The highest BCUT2D eigenvalue weighted by Gasteiger charge is 2.29. The maximum absolute atomic E-state index is 13.8. The van der Waals surface area contributed by atoms with Gasteiger partial charge in [0.1, 0.15) is 11.9 Å². The summed E-state index contributed by atoms with van der Waals surface area (Å²) in [5.41, 5.74) is 0.676. The Labute approximate surface area is 176 Å². The number of ether oxygens (including phenoxy) is 1. The molecule has 2 aromatic rings. The minimum absolute atomic E-state index is 0.0342. The molecule has 162 valence electrons. The molecule has 1 N–H and O–H groups in total. The third kappa shape index (κ3) is 6.83. The van der Waals surface area contributed by atoms with Gasteiger partial charge in [-0.1, -0.05) is 44.5 Å². The van der Waals surface area contributed by atoms with Crippen LogP contribution in [0.2, 0.25) is 0 Å². The van der Waals surface area contributed by atoms with Crippen molar-refractivity contribution < 1.29 is 23.1 Å². The van der Waals surface area contributed by atoms with Crippen LogP contribution in [0.1, 0.15) is 38.7 Å². The second-order valence-corrected chi connectivity index (χ2v) is 6.94. The Morgan fingerprint density at radius 1 is 1.07 bits per heavy atom. The summed E-state index contributed by atoms with van der Waals surface area (Å²) in [7, 11) is 0. The second kappa shape index (κ2) is 11.9. The van der Waals surface area contributed by atoms with E-state index < -0.39 is 24.4 Å². The number of nitrogens with one attached hydrogen (secondary N) is 1. The van der Waals surface area contributed by atoms with Gasteiger partial charge in [-0.15, -0.1) is 0 Å². The van der Waals surface area contributed by atoms with Crippen molar-refractivity contribution >= 4 is 11.8 Å². The number of amides is 2. The van der Waals surface area contributed by atoms with Crippen molar-refractivity contribution in [1.29, 1.82) is 0 Å². The molecule has 0 bridgehead atoms. The van der Waals surface area contributed by atoms with Gasteiger partial charge in [-0.05, 0) is 42.7 Å². The van der Waals surface area contributed by atoms with Crippen molar-refractivity contribution in [2.75, 3.05) is 13.2 Å². The van der Waals surface area contributed by atoms with Gasteiger partial charge in [0, 0.05) is 13.1 Å². The van der Waals surface area contributed by atoms with Crippen LogP contribution in [0.25, 0.3) is 0 Å².